The summed E-state index contributed by atoms with van der Waals surface area (Å²) >= 11 is 0. The van der Waals surface area contributed by atoms with E-state index in [2.05, 4.69) is 23.7 Å². The van der Waals surface area contributed by atoms with Gasteiger partial charge in [-0.3, -0.25) is 0 Å². The Labute approximate surface area is 87.4 Å². The van der Waals surface area contributed by atoms with Crippen molar-refractivity contribution >= 4 is 0 Å². The second kappa shape index (κ2) is 4.45. The van der Waals surface area contributed by atoms with E-state index < -0.39 is 0 Å². The standard InChI is InChI=1S/C12H22N2/c1-3-10(2)8-13-12-9-14-6-4-11(12)5-7-14/h11-13H,2-9H2,1H3. The molecule has 1 N–H and O–H groups in total. The lowest BCUT2D eigenvalue weighted by atomic mass is 9.84. The Morgan fingerprint density at radius 2 is 2.14 bits per heavy atom. The molecule has 0 spiro atoms. The van der Waals surface area contributed by atoms with Crippen molar-refractivity contribution in [1.29, 1.82) is 0 Å². The van der Waals surface area contributed by atoms with E-state index in [1.54, 1.807) is 0 Å². The van der Waals surface area contributed by atoms with Gasteiger partial charge in [-0.2, -0.15) is 0 Å². The first-order valence-electron chi connectivity index (χ1n) is 5.92. The van der Waals surface area contributed by atoms with Gasteiger partial charge in [0.15, 0.2) is 0 Å². The van der Waals surface area contributed by atoms with Crippen molar-refractivity contribution in [2.45, 2.75) is 32.2 Å². The van der Waals surface area contributed by atoms with E-state index >= 15 is 0 Å². The van der Waals surface area contributed by atoms with E-state index in [-0.39, 0.29) is 0 Å². The number of hydrogen-bond acceptors (Lipinski definition) is 2. The molecule has 80 valence electrons. The lowest BCUT2D eigenvalue weighted by Crippen LogP contribution is -2.56. The zero-order chi connectivity index (χ0) is 9.97. The monoisotopic (exact) mass is 194 g/mol. The Morgan fingerprint density at radius 1 is 1.43 bits per heavy atom. The molecule has 2 nitrogen and oxygen atoms in total. The number of nitrogens with one attached hydrogen (secondary N) is 1. The third-order valence-corrected chi connectivity index (χ3v) is 3.77. The van der Waals surface area contributed by atoms with E-state index in [9.17, 15) is 0 Å². The number of rotatable bonds is 4. The zero-order valence-corrected chi connectivity index (χ0v) is 9.26. The van der Waals surface area contributed by atoms with Crippen molar-refractivity contribution in [3.8, 4) is 0 Å². The van der Waals surface area contributed by atoms with E-state index in [4.69, 9.17) is 0 Å². The van der Waals surface area contributed by atoms with Crippen LogP contribution in [-0.4, -0.2) is 37.1 Å². The first-order chi connectivity index (χ1) is 6.79. The van der Waals surface area contributed by atoms with Gasteiger partial charge in [0.2, 0.25) is 0 Å². The largest absolute Gasteiger partial charge is 0.309 e. The molecule has 2 bridgehead atoms. The fourth-order valence-electron chi connectivity index (χ4n) is 2.60. The summed E-state index contributed by atoms with van der Waals surface area (Å²) < 4.78 is 0. The summed E-state index contributed by atoms with van der Waals surface area (Å²) in [6.07, 6.45) is 3.90. The maximum absolute atomic E-state index is 4.04. The summed E-state index contributed by atoms with van der Waals surface area (Å²) in [6.45, 7) is 11.2. The summed E-state index contributed by atoms with van der Waals surface area (Å²) in [5.74, 6) is 0.935. The van der Waals surface area contributed by atoms with Crippen LogP contribution >= 0.6 is 0 Å². The van der Waals surface area contributed by atoms with Crippen LogP contribution in [0, 0.1) is 5.92 Å². The fraction of sp³-hybridized carbons (Fsp3) is 0.833. The van der Waals surface area contributed by atoms with Gasteiger partial charge in [-0.15, -0.1) is 0 Å². The molecule has 0 saturated carbocycles. The maximum atomic E-state index is 4.04. The highest BCUT2D eigenvalue weighted by Gasteiger charge is 2.33. The smallest absolute Gasteiger partial charge is 0.0227 e. The average molecular weight is 194 g/mol. The SMILES string of the molecule is C=C(CC)CNC1CN2CCC1CC2. The fourth-order valence-corrected chi connectivity index (χ4v) is 2.60. The topological polar surface area (TPSA) is 15.3 Å². The first kappa shape index (κ1) is 10.2. The molecular formula is C12H22N2. The van der Waals surface area contributed by atoms with E-state index in [1.807, 2.05) is 0 Å². The van der Waals surface area contributed by atoms with Crippen LogP contribution in [0.2, 0.25) is 0 Å². The lowest BCUT2D eigenvalue weighted by Gasteiger charge is -2.45. The Balaban J connectivity index is 1.78. The van der Waals surface area contributed by atoms with Crippen molar-refractivity contribution in [2.75, 3.05) is 26.2 Å². The van der Waals surface area contributed by atoms with E-state index in [1.165, 1.54) is 38.0 Å². The van der Waals surface area contributed by atoms with Gasteiger partial charge in [0.05, 0.1) is 0 Å². The van der Waals surface area contributed by atoms with Crippen molar-refractivity contribution in [1.82, 2.24) is 10.2 Å². The minimum atomic E-state index is 0.737. The highest BCUT2D eigenvalue weighted by atomic mass is 15.2. The van der Waals surface area contributed by atoms with Gasteiger partial charge in [0.25, 0.3) is 0 Å². The molecule has 14 heavy (non-hydrogen) atoms. The van der Waals surface area contributed by atoms with Crippen LogP contribution in [0.1, 0.15) is 26.2 Å². The predicted octanol–water partition coefficient (Wildman–Crippen LogP) is 1.64. The molecule has 0 aliphatic carbocycles. The molecule has 1 unspecified atom stereocenters. The molecule has 3 aliphatic heterocycles. The molecule has 2 heteroatoms. The molecule has 0 aromatic rings. The Kier molecular flexibility index (Phi) is 3.24. The molecular weight excluding hydrogens is 172 g/mol. The summed E-state index contributed by atoms with van der Waals surface area (Å²) in [7, 11) is 0. The number of hydrogen-bond donors (Lipinski definition) is 1. The molecule has 1 atom stereocenters. The van der Waals surface area contributed by atoms with Crippen LogP contribution in [0.25, 0.3) is 0 Å². The molecule has 3 fully saturated rings. The van der Waals surface area contributed by atoms with Crippen LogP contribution in [0.4, 0.5) is 0 Å². The quantitative estimate of drug-likeness (QED) is 0.684. The Hall–Kier alpha value is -0.340. The van der Waals surface area contributed by atoms with Crippen molar-refractivity contribution in [2.24, 2.45) is 5.92 Å². The summed E-state index contributed by atoms with van der Waals surface area (Å²) in [5, 5.41) is 3.66. The minimum absolute atomic E-state index is 0.737. The van der Waals surface area contributed by atoms with Crippen molar-refractivity contribution in [3.63, 3.8) is 0 Å². The number of fused-ring (bicyclic) bond motifs is 3. The first-order valence-corrected chi connectivity index (χ1v) is 5.92. The Bertz CT molecular complexity index is 204. The van der Waals surface area contributed by atoms with Crippen LogP contribution in [0.3, 0.4) is 0 Å². The average Bonchev–Trinajstić information content (AvgIpc) is 2.27. The lowest BCUT2D eigenvalue weighted by molar-refractivity contribution is 0.0741. The molecule has 0 radical (unpaired) electrons. The van der Waals surface area contributed by atoms with Crippen LogP contribution in [0.15, 0.2) is 12.2 Å². The van der Waals surface area contributed by atoms with Gasteiger partial charge >= 0.3 is 0 Å². The van der Waals surface area contributed by atoms with Crippen LogP contribution in [-0.2, 0) is 0 Å². The third kappa shape index (κ3) is 2.18. The van der Waals surface area contributed by atoms with E-state index in [0.29, 0.717) is 0 Å². The molecule has 3 heterocycles. The second-order valence-corrected chi connectivity index (χ2v) is 4.73. The predicted molar refractivity (Wildman–Crippen MR) is 60.4 cm³/mol. The molecule has 3 aliphatic rings. The second-order valence-electron chi connectivity index (χ2n) is 4.73. The molecule has 3 saturated heterocycles. The van der Waals surface area contributed by atoms with Gasteiger partial charge in [-0.25, -0.2) is 0 Å². The van der Waals surface area contributed by atoms with Crippen molar-refractivity contribution in [3.05, 3.63) is 12.2 Å². The molecule has 0 aromatic heterocycles. The molecule has 0 aromatic carbocycles. The van der Waals surface area contributed by atoms with Gasteiger partial charge < -0.3 is 10.2 Å². The Morgan fingerprint density at radius 3 is 2.64 bits per heavy atom. The number of piperidine rings is 3. The normalized spacial score (nSPS) is 35.9. The minimum Gasteiger partial charge on any atom is -0.309 e. The highest BCUT2D eigenvalue weighted by molar-refractivity contribution is 4.98. The highest BCUT2D eigenvalue weighted by Crippen LogP contribution is 2.27. The third-order valence-electron chi connectivity index (χ3n) is 3.77. The summed E-state index contributed by atoms with van der Waals surface area (Å²) in [5.41, 5.74) is 1.33. The van der Waals surface area contributed by atoms with Gasteiger partial charge in [-0.1, -0.05) is 19.1 Å². The summed E-state index contributed by atoms with van der Waals surface area (Å²) in [6, 6.07) is 0.737. The van der Waals surface area contributed by atoms with Gasteiger partial charge in [0, 0.05) is 19.1 Å². The number of nitrogens with zero attached hydrogens (tertiary/aromatic N) is 1. The maximum Gasteiger partial charge on any atom is 0.0227 e. The van der Waals surface area contributed by atoms with Crippen molar-refractivity contribution < 1.29 is 0 Å². The zero-order valence-electron chi connectivity index (χ0n) is 9.26. The van der Waals surface area contributed by atoms with Crippen LogP contribution in [0.5, 0.6) is 0 Å². The summed E-state index contributed by atoms with van der Waals surface area (Å²) in [4.78, 5) is 2.59. The van der Waals surface area contributed by atoms with Crippen LogP contribution < -0.4 is 5.32 Å². The van der Waals surface area contributed by atoms with Gasteiger partial charge in [-0.05, 0) is 38.3 Å². The van der Waals surface area contributed by atoms with Gasteiger partial charge in [0.1, 0.15) is 0 Å². The van der Waals surface area contributed by atoms with E-state index in [0.717, 1.165) is 24.9 Å². The molecule has 0 amide bonds. The molecule has 3 rings (SSSR count).